The molecule has 132 valence electrons. The molecule has 6 nitrogen and oxygen atoms in total. The molecule has 1 saturated carbocycles. The van der Waals surface area contributed by atoms with Gasteiger partial charge in [-0.15, -0.1) is 23.7 Å². The van der Waals surface area contributed by atoms with Crippen molar-refractivity contribution in [3.63, 3.8) is 0 Å². The maximum Gasteiger partial charge on any atom is 0.349 e. The number of nitrogens with one attached hydrogen (secondary N) is 1. The highest BCUT2D eigenvalue weighted by Gasteiger charge is 2.36. The topological polar surface area (TPSA) is 98.5 Å². The van der Waals surface area contributed by atoms with E-state index in [9.17, 15) is 13.2 Å². The molecule has 0 spiro atoms. The molecule has 24 heavy (non-hydrogen) atoms. The van der Waals surface area contributed by atoms with Crippen molar-refractivity contribution in [1.82, 2.24) is 4.72 Å². The SMILES string of the molecule is COC(=O)c1sc2ccccc2c1S(=O)(=O)NC(CN)C1CC1.Cl. The van der Waals surface area contributed by atoms with Gasteiger partial charge in [0.05, 0.1) is 7.11 Å². The molecule has 2 aromatic rings. The van der Waals surface area contributed by atoms with Gasteiger partial charge in [0.15, 0.2) is 0 Å². The zero-order valence-corrected chi connectivity index (χ0v) is 15.5. The summed E-state index contributed by atoms with van der Waals surface area (Å²) in [5, 5.41) is 0.525. The minimum absolute atomic E-state index is 0. The van der Waals surface area contributed by atoms with Crippen molar-refractivity contribution in [2.24, 2.45) is 11.7 Å². The summed E-state index contributed by atoms with van der Waals surface area (Å²) < 4.78 is 33.9. The van der Waals surface area contributed by atoms with Crippen molar-refractivity contribution >= 4 is 49.8 Å². The average molecular weight is 391 g/mol. The molecule has 1 unspecified atom stereocenters. The smallest absolute Gasteiger partial charge is 0.349 e. The minimum atomic E-state index is -3.87. The molecular formula is C15H19ClN2O4S2. The van der Waals surface area contributed by atoms with E-state index in [4.69, 9.17) is 10.5 Å². The molecule has 1 fully saturated rings. The zero-order valence-electron chi connectivity index (χ0n) is 13.0. The van der Waals surface area contributed by atoms with Crippen molar-refractivity contribution in [3.8, 4) is 0 Å². The van der Waals surface area contributed by atoms with E-state index >= 15 is 0 Å². The van der Waals surface area contributed by atoms with E-state index in [0.717, 1.165) is 28.9 Å². The quantitative estimate of drug-likeness (QED) is 0.736. The number of sulfonamides is 1. The number of thiophene rings is 1. The number of esters is 1. The number of rotatable bonds is 6. The summed E-state index contributed by atoms with van der Waals surface area (Å²) in [5.41, 5.74) is 5.69. The summed E-state index contributed by atoms with van der Waals surface area (Å²) >= 11 is 1.12. The summed E-state index contributed by atoms with van der Waals surface area (Å²) in [7, 11) is -2.63. The van der Waals surface area contributed by atoms with Crippen LogP contribution in [0.3, 0.4) is 0 Å². The normalized spacial score (nSPS) is 15.8. The highest BCUT2D eigenvalue weighted by Crippen LogP contribution is 2.37. The van der Waals surface area contributed by atoms with Gasteiger partial charge in [-0.05, 0) is 24.8 Å². The first-order chi connectivity index (χ1) is 11.0. The highest BCUT2D eigenvalue weighted by atomic mass is 35.5. The van der Waals surface area contributed by atoms with Gasteiger partial charge in [-0.3, -0.25) is 0 Å². The lowest BCUT2D eigenvalue weighted by Gasteiger charge is -2.16. The molecule has 3 rings (SSSR count). The first-order valence-corrected chi connectivity index (χ1v) is 9.60. The number of halogens is 1. The predicted octanol–water partition coefficient (Wildman–Crippen LogP) is 2.13. The molecule has 1 aliphatic rings. The van der Waals surface area contributed by atoms with Gasteiger partial charge in [0, 0.05) is 22.7 Å². The Labute approximate surface area is 150 Å². The standard InChI is InChI=1S/C15H18N2O4S2.ClH/c1-21-15(18)13-14(10-4-2-3-5-12(10)22-13)23(19,20)17-11(8-16)9-6-7-9;/h2-5,9,11,17H,6-8,16H2,1H3;1H. The Bertz CT molecular complexity index is 846. The lowest BCUT2D eigenvalue weighted by atomic mass is 10.2. The van der Waals surface area contributed by atoms with Crippen LogP contribution in [-0.2, 0) is 14.8 Å². The van der Waals surface area contributed by atoms with Gasteiger partial charge in [-0.2, -0.15) is 0 Å². The maximum absolute atomic E-state index is 12.9. The fourth-order valence-corrected chi connectivity index (χ4v) is 5.74. The van der Waals surface area contributed by atoms with Crippen LogP contribution in [0.1, 0.15) is 22.5 Å². The molecule has 1 atom stereocenters. The Balaban J connectivity index is 0.00000208. The van der Waals surface area contributed by atoms with Crippen LogP contribution in [0.2, 0.25) is 0 Å². The number of nitrogens with two attached hydrogens (primary N) is 1. The summed E-state index contributed by atoms with van der Waals surface area (Å²) in [6, 6.07) is 6.73. The van der Waals surface area contributed by atoms with Gasteiger partial charge < -0.3 is 10.5 Å². The van der Waals surface area contributed by atoms with Crippen molar-refractivity contribution in [1.29, 1.82) is 0 Å². The second-order valence-corrected chi connectivity index (χ2v) is 8.25. The molecule has 3 N–H and O–H groups in total. The van der Waals surface area contributed by atoms with Gasteiger partial charge in [-0.25, -0.2) is 17.9 Å². The molecule has 0 radical (unpaired) electrons. The third-order valence-electron chi connectivity index (χ3n) is 3.94. The van der Waals surface area contributed by atoms with Crippen LogP contribution in [0.15, 0.2) is 29.2 Å². The van der Waals surface area contributed by atoms with Crippen LogP contribution in [0.5, 0.6) is 0 Å². The largest absolute Gasteiger partial charge is 0.465 e. The predicted molar refractivity (Wildman–Crippen MR) is 96.3 cm³/mol. The average Bonchev–Trinajstić information content (AvgIpc) is 3.30. The van der Waals surface area contributed by atoms with E-state index in [1.54, 1.807) is 24.3 Å². The van der Waals surface area contributed by atoms with E-state index in [2.05, 4.69) is 4.72 Å². The van der Waals surface area contributed by atoms with Gasteiger partial charge in [0.1, 0.15) is 9.77 Å². The van der Waals surface area contributed by atoms with Crippen molar-refractivity contribution in [3.05, 3.63) is 29.1 Å². The molecule has 0 aliphatic heterocycles. The van der Waals surface area contributed by atoms with Crippen LogP contribution in [0.4, 0.5) is 0 Å². The van der Waals surface area contributed by atoms with Gasteiger partial charge in [-0.1, -0.05) is 18.2 Å². The first kappa shape index (κ1) is 19.1. The second-order valence-electron chi connectivity index (χ2n) is 5.55. The second kappa shape index (κ2) is 7.37. The Morgan fingerprint density at radius 2 is 2.08 bits per heavy atom. The van der Waals surface area contributed by atoms with Crippen molar-refractivity contribution in [2.75, 3.05) is 13.7 Å². The number of carbonyl (C=O) groups is 1. The monoisotopic (exact) mass is 390 g/mol. The van der Waals surface area contributed by atoms with E-state index in [0.29, 0.717) is 5.39 Å². The van der Waals surface area contributed by atoms with Crippen LogP contribution in [-0.4, -0.2) is 34.1 Å². The third-order valence-corrected chi connectivity index (χ3v) is 6.80. The lowest BCUT2D eigenvalue weighted by molar-refractivity contribution is 0.0602. The van der Waals surface area contributed by atoms with E-state index < -0.39 is 16.0 Å². The summed E-state index contributed by atoms with van der Waals surface area (Å²) in [5.74, 6) is -0.372. The fraction of sp³-hybridized carbons (Fsp3) is 0.400. The van der Waals surface area contributed by atoms with E-state index in [-0.39, 0.29) is 40.7 Å². The number of benzene rings is 1. The number of hydrogen-bond donors (Lipinski definition) is 2. The summed E-state index contributed by atoms with van der Waals surface area (Å²) in [4.78, 5) is 12.1. The Morgan fingerprint density at radius 1 is 1.42 bits per heavy atom. The van der Waals surface area contributed by atoms with Gasteiger partial charge in [0.2, 0.25) is 10.0 Å². The molecule has 1 aliphatic carbocycles. The molecule has 9 heteroatoms. The number of hydrogen-bond acceptors (Lipinski definition) is 6. The van der Waals surface area contributed by atoms with E-state index in [1.807, 2.05) is 0 Å². The Kier molecular flexibility index (Phi) is 5.87. The molecule has 1 aromatic carbocycles. The number of ether oxygens (including phenoxy) is 1. The van der Waals surface area contributed by atoms with Gasteiger partial charge >= 0.3 is 5.97 Å². The molecule has 0 amide bonds. The van der Waals surface area contributed by atoms with Crippen LogP contribution in [0, 0.1) is 5.92 Å². The summed E-state index contributed by atoms with van der Waals surface area (Å²) in [6.07, 6.45) is 1.94. The fourth-order valence-electron chi connectivity index (χ4n) is 2.61. The van der Waals surface area contributed by atoms with Crippen molar-refractivity contribution in [2.45, 2.75) is 23.8 Å². The van der Waals surface area contributed by atoms with Crippen LogP contribution in [0.25, 0.3) is 10.1 Å². The minimum Gasteiger partial charge on any atom is -0.465 e. The zero-order chi connectivity index (χ0) is 16.6. The molecule has 0 saturated heterocycles. The first-order valence-electron chi connectivity index (χ1n) is 7.30. The highest BCUT2D eigenvalue weighted by molar-refractivity contribution is 7.90. The van der Waals surface area contributed by atoms with Crippen LogP contribution < -0.4 is 10.5 Å². The molecule has 0 bridgehead atoms. The molecular weight excluding hydrogens is 372 g/mol. The van der Waals surface area contributed by atoms with Gasteiger partial charge in [0.25, 0.3) is 0 Å². The molecule has 1 heterocycles. The maximum atomic E-state index is 12.9. The lowest BCUT2D eigenvalue weighted by Crippen LogP contribution is -2.41. The van der Waals surface area contributed by atoms with Crippen molar-refractivity contribution < 1.29 is 17.9 Å². The number of carbonyl (C=O) groups excluding carboxylic acids is 1. The number of fused-ring (bicyclic) bond motifs is 1. The van der Waals surface area contributed by atoms with Crippen LogP contribution >= 0.6 is 23.7 Å². The molecule has 1 aromatic heterocycles. The van der Waals surface area contributed by atoms with E-state index in [1.165, 1.54) is 7.11 Å². The Morgan fingerprint density at radius 3 is 2.67 bits per heavy atom. The third kappa shape index (κ3) is 3.57. The summed E-state index contributed by atoms with van der Waals surface area (Å²) in [6.45, 7) is 0.236. The Hall–Kier alpha value is -1.19. The number of methoxy groups -OCH3 is 1.